The highest BCUT2D eigenvalue weighted by Gasteiger charge is 2.32. The summed E-state index contributed by atoms with van der Waals surface area (Å²) in [6, 6.07) is 11.4. The van der Waals surface area contributed by atoms with Crippen molar-refractivity contribution in [1.29, 1.82) is 0 Å². The molecule has 6 nitrogen and oxygen atoms in total. The Morgan fingerprint density at radius 3 is 2.68 bits per heavy atom. The molecule has 25 heavy (non-hydrogen) atoms. The maximum absolute atomic E-state index is 12.4. The van der Waals surface area contributed by atoms with Crippen molar-refractivity contribution < 1.29 is 14.7 Å². The van der Waals surface area contributed by atoms with Crippen LogP contribution < -0.4 is 5.32 Å². The van der Waals surface area contributed by atoms with Gasteiger partial charge in [0, 0.05) is 19.4 Å². The van der Waals surface area contributed by atoms with Crippen LogP contribution in [0.5, 0.6) is 0 Å². The molecule has 1 aliphatic heterocycles. The van der Waals surface area contributed by atoms with E-state index in [1.165, 1.54) is 4.90 Å². The predicted octanol–water partition coefficient (Wildman–Crippen LogP) is 2.21. The number of aliphatic hydroxyl groups is 1. The van der Waals surface area contributed by atoms with E-state index in [1.807, 2.05) is 43.3 Å². The number of likely N-dealkylation sites (N-methyl/N-ethyl adjacent to an activating group) is 1. The third kappa shape index (κ3) is 3.38. The normalized spacial score (nSPS) is 15.4. The van der Waals surface area contributed by atoms with Crippen molar-refractivity contribution in [2.45, 2.75) is 13.0 Å². The Morgan fingerprint density at radius 1 is 1.28 bits per heavy atom. The van der Waals surface area contributed by atoms with Crippen molar-refractivity contribution >= 4 is 11.8 Å². The highest BCUT2D eigenvalue weighted by atomic mass is 16.3. The number of aromatic nitrogens is 1. The van der Waals surface area contributed by atoms with Gasteiger partial charge in [0.1, 0.15) is 0 Å². The molecule has 0 unspecified atom stereocenters. The number of aliphatic hydroxyl groups excluding tert-OH is 1. The van der Waals surface area contributed by atoms with Crippen molar-refractivity contribution in [3.63, 3.8) is 0 Å². The molecule has 1 atom stereocenters. The fourth-order valence-electron chi connectivity index (χ4n) is 2.76. The molecular formula is C19H19N3O3. The second kappa shape index (κ2) is 6.76. The number of carbonyl (C=O) groups is 2. The maximum atomic E-state index is 12.4. The van der Waals surface area contributed by atoms with Gasteiger partial charge in [-0.2, -0.15) is 0 Å². The molecule has 0 saturated carbocycles. The fraction of sp³-hybridized carbons (Fsp3) is 0.211. The van der Waals surface area contributed by atoms with E-state index in [0.29, 0.717) is 0 Å². The number of benzene rings is 1. The van der Waals surface area contributed by atoms with E-state index < -0.39 is 17.6 Å². The average Bonchev–Trinajstić information content (AvgIpc) is 2.90. The quantitative estimate of drug-likeness (QED) is 0.896. The molecule has 128 valence electrons. The largest absolute Gasteiger partial charge is 0.503 e. The van der Waals surface area contributed by atoms with Crippen LogP contribution in [0.1, 0.15) is 18.5 Å². The van der Waals surface area contributed by atoms with Crippen molar-refractivity contribution in [3.8, 4) is 11.1 Å². The number of carbonyl (C=O) groups excluding carboxylic acids is 2. The van der Waals surface area contributed by atoms with Crippen LogP contribution in [0.15, 0.2) is 60.1 Å². The Hall–Kier alpha value is -3.15. The minimum atomic E-state index is -0.531. The van der Waals surface area contributed by atoms with Crippen LogP contribution in [0.25, 0.3) is 11.1 Å². The van der Waals surface area contributed by atoms with Gasteiger partial charge >= 0.3 is 0 Å². The van der Waals surface area contributed by atoms with Crippen LogP contribution in [0.4, 0.5) is 0 Å². The lowest BCUT2D eigenvalue weighted by atomic mass is 10.0. The minimum absolute atomic E-state index is 0.0998. The third-order valence-corrected chi connectivity index (χ3v) is 4.23. The summed E-state index contributed by atoms with van der Waals surface area (Å²) in [6.07, 6.45) is 3.50. The first-order valence-corrected chi connectivity index (χ1v) is 7.96. The lowest BCUT2D eigenvalue weighted by Crippen LogP contribution is -2.30. The Balaban J connectivity index is 1.77. The third-order valence-electron chi connectivity index (χ3n) is 4.23. The average molecular weight is 337 g/mol. The lowest BCUT2D eigenvalue weighted by Gasteiger charge is -2.16. The molecule has 1 aliphatic rings. The van der Waals surface area contributed by atoms with Gasteiger partial charge in [0.25, 0.3) is 11.8 Å². The molecule has 1 aromatic heterocycles. The zero-order valence-electron chi connectivity index (χ0n) is 14.1. The van der Waals surface area contributed by atoms with Gasteiger partial charge in [-0.05, 0) is 35.7 Å². The monoisotopic (exact) mass is 337 g/mol. The second-order valence-electron chi connectivity index (χ2n) is 6.05. The molecule has 0 aliphatic carbocycles. The molecule has 2 amide bonds. The fourth-order valence-corrected chi connectivity index (χ4v) is 2.76. The molecule has 3 rings (SSSR count). The molecule has 1 aromatic carbocycles. The number of nitrogens with zero attached hydrogens (tertiary/aromatic N) is 2. The van der Waals surface area contributed by atoms with Crippen LogP contribution >= 0.6 is 0 Å². The summed E-state index contributed by atoms with van der Waals surface area (Å²) in [5.74, 6) is -1.44. The van der Waals surface area contributed by atoms with Gasteiger partial charge in [-0.25, -0.2) is 0 Å². The van der Waals surface area contributed by atoms with Gasteiger partial charge in [-0.1, -0.05) is 24.3 Å². The predicted molar refractivity (Wildman–Crippen MR) is 93.5 cm³/mol. The van der Waals surface area contributed by atoms with E-state index in [0.717, 1.165) is 16.7 Å². The van der Waals surface area contributed by atoms with Crippen molar-refractivity contribution in [2.75, 3.05) is 13.6 Å². The molecule has 2 N–H and O–H groups in total. The molecule has 6 heteroatoms. The molecule has 0 radical (unpaired) electrons. The van der Waals surface area contributed by atoms with E-state index in [-0.39, 0.29) is 18.2 Å². The summed E-state index contributed by atoms with van der Waals surface area (Å²) in [7, 11) is 1.54. The molecular weight excluding hydrogens is 318 g/mol. The van der Waals surface area contributed by atoms with Gasteiger partial charge in [-0.3, -0.25) is 14.6 Å². The SMILES string of the molecule is C[C@@H](NC(=O)C1=C(O)C(=O)N(C)C1)c1cccc(-c2cccnc2)c1. The molecule has 2 heterocycles. The van der Waals surface area contributed by atoms with Crippen LogP contribution in [0, 0.1) is 0 Å². The Morgan fingerprint density at radius 2 is 2.04 bits per heavy atom. The lowest BCUT2D eigenvalue weighted by molar-refractivity contribution is -0.126. The van der Waals surface area contributed by atoms with E-state index in [1.54, 1.807) is 19.4 Å². The standard InChI is InChI=1S/C19H19N3O3/c1-12(21-18(24)16-11-22(2)19(25)17(16)23)13-5-3-6-14(9-13)15-7-4-8-20-10-15/h3-10,12,23H,11H2,1-2H3,(H,21,24)/t12-/m1/s1. The summed E-state index contributed by atoms with van der Waals surface area (Å²) in [5.41, 5.74) is 3.02. The highest BCUT2D eigenvalue weighted by molar-refractivity contribution is 6.06. The zero-order valence-corrected chi connectivity index (χ0v) is 14.1. The van der Waals surface area contributed by atoms with E-state index in [2.05, 4.69) is 10.3 Å². The zero-order chi connectivity index (χ0) is 18.0. The number of pyridine rings is 1. The van der Waals surface area contributed by atoms with Crippen LogP contribution in [0.2, 0.25) is 0 Å². The van der Waals surface area contributed by atoms with Gasteiger partial charge in [0.2, 0.25) is 0 Å². The Labute approximate surface area is 145 Å². The van der Waals surface area contributed by atoms with Gasteiger partial charge < -0.3 is 15.3 Å². The summed E-state index contributed by atoms with van der Waals surface area (Å²) >= 11 is 0. The van der Waals surface area contributed by atoms with Crippen LogP contribution in [-0.4, -0.2) is 40.4 Å². The van der Waals surface area contributed by atoms with Gasteiger partial charge in [-0.15, -0.1) is 0 Å². The van der Waals surface area contributed by atoms with Crippen molar-refractivity contribution in [3.05, 3.63) is 65.7 Å². The van der Waals surface area contributed by atoms with Crippen LogP contribution in [0.3, 0.4) is 0 Å². The van der Waals surface area contributed by atoms with E-state index >= 15 is 0 Å². The van der Waals surface area contributed by atoms with E-state index in [9.17, 15) is 14.7 Å². The minimum Gasteiger partial charge on any atom is -0.503 e. The summed E-state index contributed by atoms with van der Waals surface area (Å²) in [5, 5.41) is 12.6. The van der Waals surface area contributed by atoms with E-state index in [4.69, 9.17) is 0 Å². The molecule has 2 aromatic rings. The molecule has 0 bridgehead atoms. The first kappa shape index (κ1) is 16.7. The van der Waals surface area contributed by atoms with Crippen molar-refractivity contribution in [1.82, 2.24) is 15.2 Å². The number of rotatable bonds is 4. The number of hydrogen-bond donors (Lipinski definition) is 2. The van der Waals surface area contributed by atoms with Crippen LogP contribution in [-0.2, 0) is 9.59 Å². The Kier molecular flexibility index (Phi) is 4.52. The van der Waals surface area contributed by atoms with Gasteiger partial charge in [0.15, 0.2) is 5.76 Å². The smallest absolute Gasteiger partial charge is 0.289 e. The molecule has 0 fully saturated rings. The van der Waals surface area contributed by atoms with Crippen molar-refractivity contribution in [2.24, 2.45) is 0 Å². The summed E-state index contributed by atoms with van der Waals surface area (Å²) < 4.78 is 0. The first-order valence-electron chi connectivity index (χ1n) is 7.96. The van der Waals surface area contributed by atoms with Gasteiger partial charge in [0.05, 0.1) is 18.2 Å². The maximum Gasteiger partial charge on any atom is 0.289 e. The number of amides is 2. The number of hydrogen-bond acceptors (Lipinski definition) is 4. The molecule has 0 spiro atoms. The first-order chi connectivity index (χ1) is 12.0. The summed E-state index contributed by atoms with van der Waals surface area (Å²) in [6.45, 7) is 1.97. The topological polar surface area (TPSA) is 82.5 Å². The Bertz CT molecular complexity index is 846. The summed E-state index contributed by atoms with van der Waals surface area (Å²) in [4.78, 5) is 29.4. The number of nitrogens with one attached hydrogen (secondary N) is 1. The highest BCUT2D eigenvalue weighted by Crippen LogP contribution is 2.23. The second-order valence-corrected chi connectivity index (χ2v) is 6.05. The molecule has 0 saturated heterocycles.